The first-order valence-corrected chi connectivity index (χ1v) is 6.04. The highest BCUT2D eigenvalue weighted by Gasteiger charge is 2.05. The van der Waals surface area contributed by atoms with Crippen LogP contribution < -0.4 is 16.8 Å². The fraction of sp³-hybridized carbons (Fsp3) is 0.818. The third-order valence-corrected chi connectivity index (χ3v) is 2.15. The van der Waals surface area contributed by atoms with Gasteiger partial charge < -0.3 is 27.0 Å². The van der Waals surface area contributed by atoms with E-state index >= 15 is 0 Å². The number of primary amides is 1. The molecule has 0 radical (unpaired) electrons. The highest BCUT2D eigenvalue weighted by Crippen LogP contribution is 2.03. The van der Waals surface area contributed by atoms with E-state index in [0.29, 0.717) is 19.4 Å². The number of aliphatic hydroxyl groups is 2. The first-order valence-electron chi connectivity index (χ1n) is 6.04. The van der Waals surface area contributed by atoms with Crippen LogP contribution in [0.1, 0.15) is 19.3 Å². The van der Waals surface area contributed by atoms with Crippen LogP contribution in [0.4, 0.5) is 4.39 Å². The zero-order valence-electron chi connectivity index (χ0n) is 11.0. The fourth-order valence-electron chi connectivity index (χ4n) is 1.03. The molecule has 0 aromatic heterocycles. The molecule has 0 unspecified atom stereocenters. The molecule has 0 spiro atoms. The fourth-order valence-corrected chi connectivity index (χ4v) is 1.03. The monoisotopic (exact) mass is 281 g/mol. The number of alkyl halides is 1. The van der Waals surface area contributed by atoms with Gasteiger partial charge in [0.05, 0.1) is 19.6 Å². The Kier molecular flexibility index (Phi) is 15.6. The summed E-state index contributed by atoms with van der Waals surface area (Å²) in [4.78, 5) is 20.2. The number of hydrogen-bond donors (Lipinski definition) is 5. The van der Waals surface area contributed by atoms with Crippen LogP contribution in [0.2, 0.25) is 0 Å². The summed E-state index contributed by atoms with van der Waals surface area (Å²) in [6, 6.07) is 0. The van der Waals surface area contributed by atoms with Crippen LogP contribution in [0.5, 0.6) is 0 Å². The molecule has 7 nitrogen and oxygen atoms in total. The highest BCUT2D eigenvalue weighted by molar-refractivity contribution is 5.76. The summed E-state index contributed by atoms with van der Waals surface area (Å²) in [6.45, 7) is -0.319. The number of nitrogens with two attached hydrogens (primary N) is 2. The predicted octanol–water partition coefficient (Wildman–Crippen LogP) is -1.73. The summed E-state index contributed by atoms with van der Waals surface area (Å²) in [5.41, 5.74) is 9.22. The maximum atomic E-state index is 11.7. The molecule has 0 saturated heterocycles. The Bertz CT molecular complexity index is 238. The topological polar surface area (TPSA) is 139 Å². The average Bonchev–Trinajstić information content (AvgIpc) is 2.40. The summed E-state index contributed by atoms with van der Waals surface area (Å²) in [6.07, 6.45) is 1.25. The molecule has 0 heterocycles. The normalized spacial score (nSPS) is 9.74. The minimum absolute atomic E-state index is 0.0467. The second-order valence-electron chi connectivity index (χ2n) is 3.83. The van der Waals surface area contributed by atoms with Crippen LogP contribution in [0.3, 0.4) is 0 Å². The molecule has 0 bridgehead atoms. The number of nitrogens with one attached hydrogen (secondary N) is 1. The standard InChI is InChI=1S/C9H18FNO3.C2H6N2O/c10-4-3-9(14)11-5-1-2-8(6-12)7-13;3-1-2(4)5/h8,12-13H,1-7H2,(H,11,14);1,3H2,(H2,4,5). The van der Waals surface area contributed by atoms with Gasteiger partial charge in [0.15, 0.2) is 0 Å². The zero-order valence-corrected chi connectivity index (χ0v) is 11.0. The van der Waals surface area contributed by atoms with Crippen molar-refractivity contribution in [3.63, 3.8) is 0 Å². The number of carbonyl (C=O) groups is 2. The van der Waals surface area contributed by atoms with Gasteiger partial charge in [-0.05, 0) is 12.8 Å². The van der Waals surface area contributed by atoms with Gasteiger partial charge in [-0.2, -0.15) is 0 Å². The number of aliphatic hydroxyl groups excluding tert-OH is 2. The van der Waals surface area contributed by atoms with Crippen molar-refractivity contribution >= 4 is 11.8 Å². The van der Waals surface area contributed by atoms with Gasteiger partial charge in [-0.15, -0.1) is 0 Å². The first kappa shape index (κ1) is 20.1. The molecule has 114 valence electrons. The maximum absolute atomic E-state index is 11.7. The smallest absolute Gasteiger partial charge is 0.231 e. The van der Waals surface area contributed by atoms with E-state index in [0.717, 1.165) is 0 Å². The first-order chi connectivity index (χ1) is 9.01. The molecular weight excluding hydrogens is 257 g/mol. The summed E-state index contributed by atoms with van der Waals surface area (Å²) in [5, 5.41) is 20.0. The third-order valence-electron chi connectivity index (χ3n) is 2.15. The number of amides is 2. The number of hydrogen-bond acceptors (Lipinski definition) is 5. The van der Waals surface area contributed by atoms with Crippen LogP contribution >= 0.6 is 0 Å². The Morgan fingerprint density at radius 3 is 2.16 bits per heavy atom. The van der Waals surface area contributed by atoms with Gasteiger partial charge in [0.25, 0.3) is 0 Å². The predicted molar refractivity (Wildman–Crippen MR) is 68.7 cm³/mol. The molecule has 8 heteroatoms. The van der Waals surface area contributed by atoms with Crippen LogP contribution in [-0.2, 0) is 9.59 Å². The Balaban J connectivity index is 0. The Hall–Kier alpha value is -1.25. The van der Waals surface area contributed by atoms with E-state index in [1.807, 2.05) is 0 Å². The Morgan fingerprint density at radius 2 is 1.79 bits per heavy atom. The van der Waals surface area contributed by atoms with E-state index in [1.165, 1.54) is 0 Å². The van der Waals surface area contributed by atoms with E-state index in [4.69, 9.17) is 15.9 Å². The van der Waals surface area contributed by atoms with E-state index < -0.39 is 12.6 Å². The van der Waals surface area contributed by atoms with Gasteiger partial charge >= 0.3 is 0 Å². The van der Waals surface area contributed by atoms with Gasteiger partial charge in [-0.1, -0.05) is 0 Å². The van der Waals surface area contributed by atoms with Crippen molar-refractivity contribution in [1.29, 1.82) is 0 Å². The molecule has 0 aliphatic carbocycles. The van der Waals surface area contributed by atoms with Gasteiger partial charge in [-0.25, -0.2) is 0 Å². The molecule has 0 aliphatic rings. The maximum Gasteiger partial charge on any atom is 0.231 e. The molecule has 2 amide bonds. The minimum atomic E-state index is -0.637. The van der Waals surface area contributed by atoms with E-state index in [2.05, 4.69) is 11.1 Å². The number of rotatable bonds is 9. The summed E-state index contributed by atoms with van der Waals surface area (Å²) in [5.74, 6) is -0.880. The molecule has 7 N–H and O–H groups in total. The molecule has 0 aromatic carbocycles. The van der Waals surface area contributed by atoms with Crippen molar-refractivity contribution in [2.75, 3.05) is 33.0 Å². The molecule has 0 aromatic rings. The lowest BCUT2D eigenvalue weighted by atomic mass is 10.1. The van der Waals surface area contributed by atoms with Crippen molar-refractivity contribution in [2.45, 2.75) is 19.3 Å². The van der Waals surface area contributed by atoms with Gasteiger partial charge in [-0.3, -0.25) is 14.0 Å². The molecule has 0 fully saturated rings. The lowest BCUT2D eigenvalue weighted by Gasteiger charge is -2.10. The van der Waals surface area contributed by atoms with Crippen molar-refractivity contribution in [3.05, 3.63) is 0 Å². The molecule has 0 rings (SSSR count). The van der Waals surface area contributed by atoms with E-state index in [9.17, 15) is 14.0 Å². The minimum Gasteiger partial charge on any atom is -0.396 e. The van der Waals surface area contributed by atoms with E-state index in [1.54, 1.807) is 0 Å². The molecule has 0 atom stereocenters. The van der Waals surface area contributed by atoms with Crippen molar-refractivity contribution < 1.29 is 24.2 Å². The summed E-state index contributed by atoms with van der Waals surface area (Å²) < 4.78 is 11.7. The lowest BCUT2D eigenvalue weighted by molar-refractivity contribution is -0.121. The van der Waals surface area contributed by atoms with Crippen LogP contribution in [0.15, 0.2) is 0 Å². The Morgan fingerprint density at radius 1 is 1.26 bits per heavy atom. The summed E-state index contributed by atoms with van der Waals surface area (Å²) >= 11 is 0. The quantitative estimate of drug-likeness (QED) is 0.320. The van der Waals surface area contributed by atoms with Crippen molar-refractivity contribution in [1.82, 2.24) is 5.32 Å². The largest absolute Gasteiger partial charge is 0.396 e. The van der Waals surface area contributed by atoms with Crippen molar-refractivity contribution in [3.8, 4) is 0 Å². The van der Waals surface area contributed by atoms with Crippen LogP contribution in [0.25, 0.3) is 0 Å². The number of carbonyl (C=O) groups excluding carboxylic acids is 2. The highest BCUT2D eigenvalue weighted by atomic mass is 19.1. The third kappa shape index (κ3) is 16.8. The van der Waals surface area contributed by atoms with Gasteiger partial charge in [0.2, 0.25) is 11.8 Å². The lowest BCUT2D eigenvalue weighted by Crippen LogP contribution is -2.25. The second-order valence-corrected chi connectivity index (χ2v) is 3.83. The average molecular weight is 281 g/mol. The molecule has 19 heavy (non-hydrogen) atoms. The molecular formula is C11H24FN3O4. The van der Waals surface area contributed by atoms with Crippen LogP contribution in [0, 0.1) is 5.92 Å². The Labute approximate surface area is 112 Å². The molecule has 0 aliphatic heterocycles. The summed E-state index contributed by atoms with van der Waals surface area (Å²) in [7, 11) is 0. The molecule has 0 saturated carbocycles. The second kappa shape index (κ2) is 14.8. The van der Waals surface area contributed by atoms with E-state index in [-0.39, 0.29) is 38.0 Å². The van der Waals surface area contributed by atoms with Gasteiger partial charge in [0.1, 0.15) is 0 Å². The zero-order chi connectivity index (χ0) is 15.1. The van der Waals surface area contributed by atoms with Crippen molar-refractivity contribution in [2.24, 2.45) is 17.4 Å². The number of halogens is 1. The SMILES string of the molecule is NCC(N)=O.O=C(CCF)NCCCC(CO)CO. The van der Waals surface area contributed by atoms with Crippen LogP contribution in [-0.4, -0.2) is 55.0 Å². The van der Waals surface area contributed by atoms with Gasteiger partial charge in [0, 0.05) is 25.7 Å².